The van der Waals surface area contributed by atoms with E-state index in [1.165, 1.54) is 10.7 Å². The largest absolute Gasteiger partial charge is 0.465 e. The highest BCUT2D eigenvalue weighted by atomic mass is 127. The highest BCUT2D eigenvalue weighted by Gasteiger charge is 2.09. The number of hydrogen-bond acceptors (Lipinski definition) is 3. The fourth-order valence-corrected chi connectivity index (χ4v) is 2.36. The number of nitrogens with one attached hydrogen (secondary N) is 1. The number of fused-ring (bicyclic) bond motifs is 1. The lowest BCUT2D eigenvalue weighted by molar-refractivity contribution is 0.0601. The molecular formula is C15H11IN2O2. The van der Waals surface area contributed by atoms with E-state index >= 15 is 0 Å². The number of nitrogens with zero attached hydrogens (tertiary/aromatic N) is 1. The lowest BCUT2D eigenvalue weighted by Crippen LogP contribution is -2.00. The van der Waals surface area contributed by atoms with Crippen molar-refractivity contribution < 1.29 is 9.53 Å². The van der Waals surface area contributed by atoms with Crippen LogP contribution in [0.1, 0.15) is 10.4 Å². The van der Waals surface area contributed by atoms with Gasteiger partial charge in [0, 0.05) is 9.13 Å². The smallest absolute Gasteiger partial charge is 0.337 e. The summed E-state index contributed by atoms with van der Waals surface area (Å²) in [5.74, 6) is 0.440. The van der Waals surface area contributed by atoms with E-state index in [4.69, 9.17) is 4.74 Å². The van der Waals surface area contributed by atoms with Crippen LogP contribution in [0.25, 0.3) is 22.4 Å². The summed E-state index contributed by atoms with van der Waals surface area (Å²) in [6.45, 7) is 0. The zero-order chi connectivity index (χ0) is 14.1. The summed E-state index contributed by atoms with van der Waals surface area (Å²) in [6.07, 6.45) is 0. The Kier molecular flexibility index (Phi) is 3.43. The van der Waals surface area contributed by atoms with E-state index in [-0.39, 0.29) is 5.97 Å². The molecule has 0 saturated heterocycles. The standard InChI is InChI=1S/C15H11IN2O2/c1-20-15(19)10-4-7-12-13(8-10)18-14(17-12)9-2-5-11(16)6-3-9/h2-8H,1H3,(H,17,18). The Morgan fingerprint density at radius 3 is 2.65 bits per heavy atom. The van der Waals surface area contributed by atoms with E-state index in [0.29, 0.717) is 5.56 Å². The lowest BCUT2D eigenvalue weighted by Gasteiger charge is -1.97. The number of methoxy groups -OCH3 is 1. The average Bonchev–Trinajstić information content (AvgIpc) is 2.90. The van der Waals surface area contributed by atoms with Gasteiger partial charge in [0.05, 0.1) is 23.7 Å². The Morgan fingerprint density at radius 1 is 1.20 bits per heavy atom. The maximum Gasteiger partial charge on any atom is 0.337 e. The van der Waals surface area contributed by atoms with E-state index in [2.05, 4.69) is 32.6 Å². The van der Waals surface area contributed by atoms with E-state index in [1.54, 1.807) is 12.1 Å². The van der Waals surface area contributed by atoms with Crippen LogP contribution in [0.15, 0.2) is 42.5 Å². The Bertz CT molecular complexity index is 778. The molecule has 0 radical (unpaired) electrons. The molecule has 1 aromatic heterocycles. The van der Waals surface area contributed by atoms with Crippen LogP contribution in [-0.2, 0) is 4.74 Å². The third kappa shape index (κ3) is 2.40. The number of aromatic amines is 1. The molecular weight excluding hydrogens is 367 g/mol. The molecule has 0 aliphatic heterocycles. The van der Waals surface area contributed by atoms with E-state index in [9.17, 15) is 4.79 Å². The molecule has 0 amide bonds. The Balaban J connectivity index is 2.06. The summed E-state index contributed by atoms with van der Waals surface area (Å²) < 4.78 is 5.89. The molecule has 4 nitrogen and oxygen atoms in total. The molecule has 1 heterocycles. The fourth-order valence-electron chi connectivity index (χ4n) is 2.00. The molecule has 0 saturated carbocycles. The lowest BCUT2D eigenvalue weighted by atomic mass is 10.2. The molecule has 2 aromatic carbocycles. The van der Waals surface area contributed by atoms with Crippen LogP contribution in [-0.4, -0.2) is 23.0 Å². The fraction of sp³-hybridized carbons (Fsp3) is 0.0667. The number of halogens is 1. The van der Waals surface area contributed by atoms with Gasteiger partial charge in [0.1, 0.15) is 5.82 Å². The number of hydrogen-bond donors (Lipinski definition) is 1. The monoisotopic (exact) mass is 378 g/mol. The van der Waals surface area contributed by atoms with Gasteiger partial charge in [-0.05, 0) is 52.9 Å². The second-order valence-corrected chi connectivity index (χ2v) is 5.56. The molecule has 100 valence electrons. The Labute approximate surface area is 129 Å². The quantitative estimate of drug-likeness (QED) is 0.548. The van der Waals surface area contributed by atoms with Gasteiger partial charge < -0.3 is 9.72 Å². The van der Waals surface area contributed by atoms with Crippen LogP contribution in [0, 0.1) is 3.57 Å². The van der Waals surface area contributed by atoms with Gasteiger partial charge in [0.25, 0.3) is 0 Å². The van der Waals surface area contributed by atoms with Gasteiger partial charge in [-0.1, -0.05) is 12.1 Å². The van der Waals surface area contributed by atoms with Gasteiger partial charge in [0.2, 0.25) is 0 Å². The van der Waals surface area contributed by atoms with Crippen molar-refractivity contribution in [2.75, 3.05) is 7.11 Å². The van der Waals surface area contributed by atoms with Crippen molar-refractivity contribution >= 4 is 39.6 Å². The van der Waals surface area contributed by atoms with Gasteiger partial charge >= 0.3 is 5.97 Å². The zero-order valence-corrected chi connectivity index (χ0v) is 12.8. The number of benzene rings is 2. The number of H-pyrrole nitrogens is 1. The minimum absolute atomic E-state index is 0.350. The molecule has 5 heteroatoms. The first kappa shape index (κ1) is 13.1. The number of ether oxygens (including phenoxy) is 1. The summed E-state index contributed by atoms with van der Waals surface area (Å²) in [5.41, 5.74) is 3.17. The van der Waals surface area contributed by atoms with Gasteiger partial charge in [-0.15, -0.1) is 0 Å². The summed E-state index contributed by atoms with van der Waals surface area (Å²) in [4.78, 5) is 19.3. The van der Waals surface area contributed by atoms with Crippen molar-refractivity contribution in [3.8, 4) is 11.4 Å². The normalized spacial score (nSPS) is 10.7. The van der Waals surface area contributed by atoms with E-state index in [1.807, 2.05) is 30.3 Å². The minimum Gasteiger partial charge on any atom is -0.465 e. The number of imidazole rings is 1. The maximum atomic E-state index is 11.5. The summed E-state index contributed by atoms with van der Waals surface area (Å²) >= 11 is 2.26. The summed E-state index contributed by atoms with van der Waals surface area (Å²) in [5, 5.41) is 0. The highest BCUT2D eigenvalue weighted by Crippen LogP contribution is 2.22. The number of esters is 1. The molecule has 1 N–H and O–H groups in total. The topological polar surface area (TPSA) is 55.0 Å². The molecule has 0 fully saturated rings. The van der Waals surface area contributed by atoms with Crippen molar-refractivity contribution in [1.82, 2.24) is 9.97 Å². The first-order valence-electron chi connectivity index (χ1n) is 6.01. The molecule has 0 atom stereocenters. The first-order chi connectivity index (χ1) is 9.67. The number of carbonyl (C=O) groups is 1. The molecule has 20 heavy (non-hydrogen) atoms. The first-order valence-corrected chi connectivity index (χ1v) is 7.09. The highest BCUT2D eigenvalue weighted by molar-refractivity contribution is 14.1. The second-order valence-electron chi connectivity index (χ2n) is 4.32. The predicted molar refractivity (Wildman–Crippen MR) is 85.6 cm³/mol. The SMILES string of the molecule is COC(=O)c1ccc2nc(-c3ccc(I)cc3)[nH]c2c1. The van der Waals surface area contributed by atoms with Crippen molar-refractivity contribution in [2.24, 2.45) is 0 Å². The van der Waals surface area contributed by atoms with Gasteiger partial charge in [0.15, 0.2) is 0 Å². The van der Waals surface area contributed by atoms with Crippen molar-refractivity contribution in [1.29, 1.82) is 0 Å². The van der Waals surface area contributed by atoms with E-state index in [0.717, 1.165) is 22.4 Å². The second kappa shape index (κ2) is 5.24. The summed E-state index contributed by atoms with van der Waals surface area (Å²) in [7, 11) is 1.37. The van der Waals surface area contributed by atoms with Crippen LogP contribution in [0.3, 0.4) is 0 Å². The molecule has 0 spiro atoms. The molecule has 3 aromatic rings. The molecule has 3 rings (SSSR count). The molecule has 0 unspecified atom stereocenters. The molecule has 0 aliphatic rings. The Morgan fingerprint density at radius 2 is 1.95 bits per heavy atom. The van der Waals surface area contributed by atoms with Gasteiger partial charge in [-0.2, -0.15) is 0 Å². The van der Waals surface area contributed by atoms with Gasteiger partial charge in [-0.25, -0.2) is 9.78 Å². The van der Waals surface area contributed by atoms with Crippen LogP contribution in [0.4, 0.5) is 0 Å². The van der Waals surface area contributed by atoms with Crippen molar-refractivity contribution in [3.63, 3.8) is 0 Å². The maximum absolute atomic E-state index is 11.5. The van der Waals surface area contributed by atoms with Crippen molar-refractivity contribution in [3.05, 3.63) is 51.6 Å². The van der Waals surface area contributed by atoms with Crippen LogP contribution >= 0.6 is 22.6 Å². The van der Waals surface area contributed by atoms with Crippen LogP contribution in [0.5, 0.6) is 0 Å². The molecule has 0 aliphatic carbocycles. The predicted octanol–water partition coefficient (Wildman–Crippen LogP) is 3.62. The molecule has 0 bridgehead atoms. The minimum atomic E-state index is -0.350. The number of carbonyl (C=O) groups excluding carboxylic acids is 1. The third-order valence-electron chi connectivity index (χ3n) is 3.02. The van der Waals surface area contributed by atoms with Crippen molar-refractivity contribution in [2.45, 2.75) is 0 Å². The summed E-state index contributed by atoms with van der Waals surface area (Å²) in [6, 6.07) is 13.4. The number of rotatable bonds is 2. The zero-order valence-electron chi connectivity index (χ0n) is 10.7. The number of aromatic nitrogens is 2. The Hall–Kier alpha value is -1.89. The van der Waals surface area contributed by atoms with Crippen LogP contribution < -0.4 is 0 Å². The van der Waals surface area contributed by atoms with Gasteiger partial charge in [-0.3, -0.25) is 0 Å². The van der Waals surface area contributed by atoms with Crippen LogP contribution in [0.2, 0.25) is 0 Å². The van der Waals surface area contributed by atoms with E-state index < -0.39 is 0 Å². The average molecular weight is 378 g/mol. The third-order valence-corrected chi connectivity index (χ3v) is 3.74.